The van der Waals surface area contributed by atoms with Crippen LogP contribution in [0.4, 0.5) is 0 Å². The maximum atomic E-state index is 6.09. The Kier molecular flexibility index (Phi) is 3.98. The van der Waals surface area contributed by atoms with E-state index < -0.39 is 16.3 Å². The second-order valence-electron chi connectivity index (χ2n) is 1.84. The van der Waals surface area contributed by atoms with Gasteiger partial charge in [-0.2, -0.15) is 0 Å². The maximum absolute atomic E-state index is 6.09. The average Bonchev–Trinajstić information content (AvgIpc) is 2.18. The van der Waals surface area contributed by atoms with Crippen LogP contribution in [-0.4, -0.2) is 31.3 Å². The molecule has 11 heavy (non-hydrogen) atoms. The zero-order chi connectivity index (χ0) is 8.65. The first-order valence-electron chi connectivity index (χ1n) is 2.52. The Morgan fingerprint density at radius 1 is 1.55 bits per heavy atom. The molecular formula is C4H2Cl5SeSi. The molecule has 0 aromatic rings. The van der Waals surface area contributed by atoms with Crippen molar-refractivity contribution in [2.45, 2.75) is 8.23 Å². The molecule has 0 fully saturated rings. The van der Waals surface area contributed by atoms with Gasteiger partial charge in [0.2, 0.25) is 0 Å². The molecule has 1 atom stereocenters. The minimum atomic E-state index is -1.44. The molecule has 1 unspecified atom stereocenters. The van der Waals surface area contributed by atoms with Gasteiger partial charge in [-0.25, -0.2) is 0 Å². The second kappa shape index (κ2) is 3.97. The Morgan fingerprint density at radius 3 is 2.27 bits per heavy atom. The van der Waals surface area contributed by atoms with Gasteiger partial charge in [-0.15, -0.1) is 0 Å². The van der Waals surface area contributed by atoms with Crippen LogP contribution in [0.1, 0.15) is 0 Å². The van der Waals surface area contributed by atoms with Crippen molar-refractivity contribution in [1.82, 2.24) is 0 Å². The summed E-state index contributed by atoms with van der Waals surface area (Å²) in [6.07, 6.45) is 0. The molecular weight excluding hydrogens is 332 g/mol. The molecule has 1 heterocycles. The third kappa shape index (κ3) is 2.05. The van der Waals surface area contributed by atoms with Crippen LogP contribution < -0.4 is 0 Å². The van der Waals surface area contributed by atoms with Crippen LogP contribution in [0.2, 0.25) is 0 Å². The van der Waals surface area contributed by atoms with Crippen molar-refractivity contribution in [1.29, 1.82) is 0 Å². The van der Waals surface area contributed by atoms with Crippen molar-refractivity contribution < 1.29 is 0 Å². The number of hydrogen-bond donors (Lipinski definition) is 0. The van der Waals surface area contributed by atoms with E-state index in [0.29, 0.717) is 4.66 Å². The van der Waals surface area contributed by atoms with Crippen molar-refractivity contribution in [2.24, 2.45) is 0 Å². The molecule has 0 spiro atoms. The van der Waals surface area contributed by atoms with Crippen LogP contribution in [0.15, 0.2) is 9.63 Å². The zero-order valence-electron chi connectivity index (χ0n) is 4.95. The monoisotopic (exact) mass is 333 g/mol. The first-order chi connectivity index (χ1) is 4.98. The molecule has 0 saturated carbocycles. The molecule has 63 valence electrons. The van der Waals surface area contributed by atoms with Gasteiger partial charge in [-0.3, -0.25) is 0 Å². The number of rotatable bonds is 1. The van der Waals surface area contributed by atoms with E-state index in [0.717, 1.165) is 0 Å². The predicted octanol–water partition coefficient (Wildman–Crippen LogP) is 2.83. The van der Waals surface area contributed by atoms with Crippen molar-refractivity contribution in [3.63, 3.8) is 0 Å². The Hall–Kier alpha value is 1.93. The summed E-state index contributed by atoms with van der Waals surface area (Å²) >= 11 is 29.2. The van der Waals surface area contributed by atoms with Gasteiger partial charge in [-0.05, 0) is 0 Å². The minimum absolute atomic E-state index is 0.00977. The summed E-state index contributed by atoms with van der Waals surface area (Å²) in [6.45, 7) is 0. The van der Waals surface area contributed by atoms with Crippen LogP contribution in [0, 0.1) is 0 Å². The quantitative estimate of drug-likeness (QED) is 0.393. The van der Waals surface area contributed by atoms with Gasteiger partial charge in [0.05, 0.1) is 0 Å². The summed E-state index contributed by atoms with van der Waals surface area (Å²) < 4.78 is -0.0164. The van der Waals surface area contributed by atoms with E-state index >= 15 is 0 Å². The molecule has 1 radical (unpaired) electrons. The Morgan fingerprint density at radius 2 is 2.09 bits per heavy atom. The Bertz CT molecular complexity index is 195. The molecule has 0 saturated heterocycles. The molecule has 0 aliphatic carbocycles. The van der Waals surface area contributed by atoms with Gasteiger partial charge >= 0.3 is 98.4 Å². The van der Waals surface area contributed by atoms with Crippen molar-refractivity contribution in [3.8, 4) is 0 Å². The van der Waals surface area contributed by atoms with Crippen LogP contribution in [0.5, 0.6) is 0 Å². The van der Waals surface area contributed by atoms with E-state index in [4.69, 9.17) is 57.5 Å². The standard InChI is InChI=1S/C4H2Cl5SeSi/c5-2-1-10-4(8,3(6)7)11(2)9/h1,3H. The molecule has 1 aliphatic heterocycles. The fourth-order valence-corrected chi connectivity index (χ4v) is 9.66. The van der Waals surface area contributed by atoms with Crippen molar-refractivity contribution in [3.05, 3.63) is 9.63 Å². The van der Waals surface area contributed by atoms with Crippen LogP contribution in [0.25, 0.3) is 0 Å². The van der Waals surface area contributed by atoms with Gasteiger partial charge in [0.1, 0.15) is 0 Å². The molecule has 0 amide bonds. The average molecular weight is 334 g/mol. The van der Waals surface area contributed by atoms with Crippen molar-refractivity contribution >= 4 is 80.5 Å². The van der Waals surface area contributed by atoms with Gasteiger partial charge in [0.15, 0.2) is 0 Å². The second-order valence-corrected chi connectivity index (χ2v) is 11.3. The summed E-state index contributed by atoms with van der Waals surface area (Å²) in [7, 11) is -1.44. The van der Waals surface area contributed by atoms with Crippen LogP contribution in [-0.2, 0) is 0 Å². The summed E-state index contributed by atoms with van der Waals surface area (Å²) in [4.78, 5) is 1.21. The van der Waals surface area contributed by atoms with Gasteiger partial charge in [0, 0.05) is 0 Å². The molecule has 0 aromatic heterocycles. The zero-order valence-corrected chi connectivity index (χ0v) is 11.4. The molecule has 0 aromatic carbocycles. The molecule has 0 nitrogen and oxygen atoms in total. The molecule has 1 rings (SSSR count). The summed E-state index contributed by atoms with van der Waals surface area (Å²) in [5.41, 5.74) is 0. The fourth-order valence-electron chi connectivity index (χ4n) is 0.551. The predicted molar refractivity (Wildman–Crippen MR) is 55.4 cm³/mol. The molecule has 0 N–H and O–H groups in total. The van der Waals surface area contributed by atoms with Crippen LogP contribution in [0.3, 0.4) is 0 Å². The first-order valence-corrected chi connectivity index (χ1v) is 8.51. The molecule has 1 aliphatic rings. The Labute approximate surface area is 97.6 Å². The Balaban J connectivity index is 2.79. The third-order valence-corrected chi connectivity index (χ3v) is 13.8. The molecule has 0 bridgehead atoms. The number of halogens is 5. The fraction of sp³-hybridized carbons (Fsp3) is 0.500. The third-order valence-electron chi connectivity index (χ3n) is 1.12. The van der Waals surface area contributed by atoms with E-state index in [-0.39, 0.29) is 15.0 Å². The SMILES string of the molecule is ClC1=C[Se]C(Cl)(C(Cl)Cl)[Si]1Cl. The first kappa shape index (κ1) is 11.0. The normalized spacial score (nSPS) is 33.1. The van der Waals surface area contributed by atoms with E-state index in [1.54, 1.807) is 0 Å². The van der Waals surface area contributed by atoms with E-state index in [1.165, 1.54) is 0 Å². The topological polar surface area (TPSA) is 0 Å². The summed E-state index contributed by atoms with van der Waals surface area (Å²) in [5, 5.41) is 0. The summed E-state index contributed by atoms with van der Waals surface area (Å²) in [5.74, 6) is 0. The summed E-state index contributed by atoms with van der Waals surface area (Å²) in [6, 6.07) is 0. The number of hydrogen-bond acceptors (Lipinski definition) is 0. The van der Waals surface area contributed by atoms with Gasteiger partial charge in [0.25, 0.3) is 0 Å². The molecule has 7 heteroatoms. The van der Waals surface area contributed by atoms with Crippen LogP contribution >= 0.6 is 57.5 Å². The van der Waals surface area contributed by atoms with Gasteiger partial charge in [-0.1, -0.05) is 0 Å². The van der Waals surface area contributed by atoms with Crippen molar-refractivity contribution in [2.75, 3.05) is 0 Å². The van der Waals surface area contributed by atoms with E-state index in [2.05, 4.69) is 0 Å². The van der Waals surface area contributed by atoms with Gasteiger partial charge < -0.3 is 0 Å². The van der Waals surface area contributed by atoms with E-state index in [9.17, 15) is 0 Å². The number of alkyl halides is 3. The van der Waals surface area contributed by atoms with E-state index in [1.807, 2.05) is 4.97 Å².